The van der Waals surface area contributed by atoms with E-state index in [4.69, 9.17) is 92.8 Å². The Morgan fingerprint density at radius 3 is 0.929 bits per heavy atom. The van der Waals surface area contributed by atoms with Crippen molar-refractivity contribution in [3.8, 4) is 0 Å². The summed E-state index contributed by atoms with van der Waals surface area (Å²) in [6.07, 6.45) is 0. The van der Waals surface area contributed by atoms with Gasteiger partial charge in [-0.3, -0.25) is 0 Å². The van der Waals surface area contributed by atoms with E-state index in [-0.39, 0.29) is 0 Å². The molecule has 0 aromatic carbocycles. The van der Waals surface area contributed by atoms with E-state index in [2.05, 4.69) is 0 Å². The van der Waals surface area contributed by atoms with Crippen LogP contribution in [0.2, 0.25) is 0 Å². The topological polar surface area (TPSA) is 0 Å². The lowest BCUT2D eigenvalue weighted by Gasteiger charge is -2.38. The number of alkyl halides is 10. The van der Waals surface area contributed by atoms with Crippen LogP contribution in [0.3, 0.4) is 0 Å². The van der Waals surface area contributed by atoms with E-state index in [0.717, 1.165) is 0 Å². The number of hydrogen-bond donors (Lipinski definition) is 0. The molecule has 0 heterocycles. The minimum Gasteiger partial charge on any atom is -0.198 e. The molecule has 0 saturated carbocycles. The van der Waals surface area contributed by atoms with Gasteiger partial charge in [-0.2, -0.15) is 8.78 Å². The fourth-order valence-corrected chi connectivity index (χ4v) is 1.71. The molecule has 0 fully saturated rings. The summed E-state index contributed by atoms with van der Waals surface area (Å²) in [5.41, 5.74) is 0. The Kier molecular flexibility index (Phi) is 5.15. The normalized spacial score (nSPS) is 15.9. The van der Waals surface area contributed by atoms with Gasteiger partial charge in [-0.1, -0.05) is 92.8 Å². The Bertz CT molecular complexity index is 188. The fourth-order valence-electron chi connectivity index (χ4n) is 0.356. The third kappa shape index (κ3) is 2.89. The molecule has 86 valence electrons. The van der Waals surface area contributed by atoms with E-state index in [1.807, 2.05) is 0 Å². The summed E-state index contributed by atoms with van der Waals surface area (Å²) in [6.45, 7) is 0. The van der Waals surface area contributed by atoms with E-state index in [9.17, 15) is 8.78 Å². The molecule has 0 radical (unpaired) electrons. The Labute approximate surface area is 119 Å². The van der Waals surface area contributed by atoms with Crippen LogP contribution in [-0.2, 0) is 0 Å². The van der Waals surface area contributed by atoms with Gasteiger partial charge in [0.25, 0.3) is 3.79 Å². The molecule has 0 aliphatic rings. The number of hydrogen-bond acceptors (Lipinski definition) is 0. The smallest absolute Gasteiger partial charge is 0.198 e. The first kappa shape index (κ1) is 16.2. The Morgan fingerprint density at radius 1 is 0.571 bits per heavy atom. The molecule has 0 aromatic rings. The van der Waals surface area contributed by atoms with Gasteiger partial charge in [0.05, 0.1) is 0 Å². The zero-order valence-electron chi connectivity index (χ0n) is 5.78. The van der Waals surface area contributed by atoms with Crippen molar-refractivity contribution in [2.75, 3.05) is 0 Å². The molecule has 0 nitrogen and oxygen atoms in total. The first-order valence-electron chi connectivity index (χ1n) is 2.64. The average molecular weight is 370 g/mol. The molecule has 0 N–H and O–H groups in total. The van der Waals surface area contributed by atoms with Crippen molar-refractivity contribution < 1.29 is 8.78 Å². The molecule has 14 heavy (non-hydrogen) atoms. The predicted molar refractivity (Wildman–Crippen MR) is 60.0 cm³/mol. The summed E-state index contributed by atoms with van der Waals surface area (Å²) in [7, 11) is 0. The van der Waals surface area contributed by atoms with Crippen LogP contribution in [-0.4, -0.2) is 17.8 Å². The zero-order chi connectivity index (χ0) is 12.0. The van der Waals surface area contributed by atoms with E-state index < -0.39 is 17.8 Å². The molecule has 0 amide bonds. The van der Waals surface area contributed by atoms with Gasteiger partial charge in [0, 0.05) is 0 Å². The van der Waals surface area contributed by atoms with Crippen molar-refractivity contribution in [2.45, 2.75) is 17.8 Å². The van der Waals surface area contributed by atoms with Crippen LogP contribution in [0.4, 0.5) is 8.78 Å². The summed E-state index contributed by atoms with van der Waals surface area (Å²) in [4.78, 5) is 0. The Morgan fingerprint density at radius 2 is 0.857 bits per heavy atom. The molecule has 0 aliphatic carbocycles. The summed E-state index contributed by atoms with van der Waals surface area (Å²) in [6, 6.07) is 0. The lowest BCUT2D eigenvalue weighted by molar-refractivity contribution is -0.0114. The molecule has 0 aliphatic heterocycles. The second-order valence-corrected chi connectivity index (χ2v) is 8.03. The standard InChI is InChI=1S/C4Cl8F2/c5-1(6,3(7,8)9)2(13,14)4(10,11)12. The van der Waals surface area contributed by atoms with Gasteiger partial charge in [-0.15, -0.1) is 0 Å². The molecule has 10 heteroatoms. The largest absolute Gasteiger partial charge is 0.330 e. The number of rotatable bonds is 1. The van der Waals surface area contributed by atoms with Crippen LogP contribution >= 0.6 is 92.8 Å². The van der Waals surface area contributed by atoms with Crippen molar-refractivity contribution in [3.63, 3.8) is 0 Å². The third-order valence-corrected chi connectivity index (χ3v) is 4.29. The SMILES string of the molecule is FC(F)(C(Cl)(Cl)Cl)C(Cl)(Cl)C(Cl)(Cl)Cl. The van der Waals surface area contributed by atoms with Crippen LogP contribution in [0, 0.1) is 0 Å². The molecule has 0 rings (SSSR count). The summed E-state index contributed by atoms with van der Waals surface area (Å²) in [5, 5.41) is 0. The van der Waals surface area contributed by atoms with Crippen molar-refractivity contribution in [2.24, 2.45) is 0 Å². The van der Waals surface area contributed by atoms with Crippen LogP contribution in [0.25, 0.3) is 0 Å². The van der Waals surface area contributed by atoms with Gasteiger partial charge in [-0.25, -0.2) is 0 Å². The highest BCUT2D eigenvalue weighted by molar-refractivity contribution is 6.77. The molecular weight excluding hydrogens is 370 g/mol. The average Bonchev–Trinajstić information content (AvgIpc) is 1.81. The van der Waals surface area contributed by atoms with Crippen molar-refractivity contribution in [1.29, 1.82) is 0 Å². The van der Waals surface area contributed by atoms with Gasteiger partial charge in [0.2, 0.25) is 8.13 Å². The third-order valence-electron chi connectivity index (χ3n) is 1.11. The fraction of sp³-hybridized carbons (Fsp3) is 1.00. The Hall–Kier alpha value is 2.18. The second-order valence-electron chi connectivity index (χ2n) is 2.14. The van der Waals surface area contributed by atoms with Crippen molar-refractivity contribution >= 4 is 92.8 Å². The van der Waals surface area contributed by atoms with Crippen LogP contribution in [0.5, 0.6) is 0 Å². The molecule has 0 unspecified atom stereocenters. The van der Waals surface area contributed by atoms with Crippen LogP contribution < -0.4 is 0 Å². The van der Waals surface area contributed by atoms with Crippen LogP contribution in [0.1, 0.15) is 0 Å². The minimum atomic E-state index is -4.25. The quantitative estimate of drug-likeness (QED) is 0.533. The summed E-state index contributed by atoms with van der Waals surface area (Å²) < 4.78 is 17.6. The molecule has 0 bridgehead atoms. The van der Waals surface area contributed by atoms with Gasteiger partial charge in [0.1, 0.15) is 0 Å². The monoisotopic (exact) mass is 366 g/mol. The Balaban J connectivity index is 5.30. The maximum Gasteiger partial charge on any atom is 0.330 e. The lowest BCUT2D eigenvalue weighted by atomic mass is 10.2. The van der Waals surface area contributed by atoms with Crippen molar-refractivity contribution in [3.05, 3.63) is 0 Å². The minimum absolute atomic E-state index is 2.72. The molecule has 0 aromatic heterocycles. The van der Waals surface area contributed by atoms with E-state index in [1.54, 1.807) is 0 Å². The highest BCUT2D eigenvalue weighted by Gasteiger charge is 2.71. The first-order chi connectivity index (χ1) is 5.75. The van der Waals surface area contributed by atoms with Crippen molar-refractivity contribution in [1.82, 2.24) is 0 Å². The maximum absolute atomic E-state index is 13.3. The van der Waals surface area contributed by atoms with E-state index >= 15 is 0 Å². The lowest BCUT2D eigenvalue weighted by Crippen LogP contribution is -2.55. The molecular formula is C4Cl8F2. The summed E-state index contributed by atoms with van der Waals surface area (Å²) >= 11 is 40.5. The molecule has 0 spiro atoms. The zero-order valence-corrected chi connectivity index (χ0v) is 11.8. The van der Waals surface area contributed by atoms with Gasteiger partial charge in [-0.05, 0) is 0 Å². The molecule has 0 atom stereocenters. The van der Waals surface area contributed by atoms with E-state index in [1.165, 1.54) is 0 Å². The van der Waals surface area contributed by atoms with E-state index in [0.29, 0.717) is 0 Å². The first-order valence-corrected chi connectivity index (χ1v) is 5.66. The molecule has 0 saturated heterocycles. The van der Waals surface area contributed by atoms with Gasteiger partial charge in [0.15, 0.2) is 0 Å². The summed E-state index contributed by atoms with van der Waals surface area (Å²) in [5.74, 6) is -4.25. The maximum atomic E-state index is 13.3. The van der Waals surface area contributed by atoms with Gasteiger partial charge >= 0.3 is 5.92 Å². The predicted octanol–water partition coefficient (Wildman–Crippen LogP) is 5.54. The highest BCUT2D eigenvalue weighted by Crippen LogP contribution is 2.60. The van der Waals surface area contributed by atoms with Gasteiger partial charge < -0.3 is 0 Å². The highest BCUT2D eigenvalue weighted by atomic mass is 35.6. The second kappa shape index (κ2) is 4.45. The number of halogens is 10. The van der Waals surface area contributed by atoms with Crippen LogP contribution in [0.15, 0.2) is 0 Å².